The first-order valence-corrected chi connectivity index (χ1v) is 5.23. The third-order valence-electron chi connectivity index (χ3n) is 3.66. The zero-order chi connectivity index (χ0) is 8.18. The van der Waals surface area contributed by atoms with Gasteiger partial charge in [0.05, 0.1) is 6.10 Å². The first kappa shape index (κ1) is 7.60. The van der Waals surface area contributed by atoms with Crippen LogP contribution >= 0.6 is 11.8 Å². The Bertz CT molecular complexity index is 171. The highest BCUT2D eigenvalue weighted by molar-refractivity contribution is 6.13. The summed E-state index contributed by atoms with van der Waals surface area (Å²) < 4.78 is 5.92. The molecule has 0 amide bonds. The van der Waals surface area contributed by atoms with Crippen molar-refractivity contribution in [2.24, 2.45) is 11.8 Å². The molecular formula is C9H14ClNO. The molecule has 12 heavy (non-hydrogen) atoms. The molecule has 2 aliphatic carbocycles. The van der Waals surface area contributed by atoms with Crippen LogP contribution in [0.4, 0.5) is 0 Å². The average Bonchev–Trinajstić information content (AvgIpc) is 2.02. The Labute approximate surface area is 77.7 Å². The van der Waals surface area contributed by atoms with Crippen molar-refractivity contribution in [3.8, 4) is 0 Å². The van der Waals surface area contributed by atoms with Crippen LogP contribution in [-0.4, -0.2) is 11.8 Å². The quantitative estimate of drug-likeness (QED) is 0.635. The molecule has 68 valence electrons. The van der Waals surface area contributed by atoms with Crippen molar-refractivity contribution in [1.82, 2.24) is 4.84 Å². The zero-order valence-electron chi connectivity index (χ0n) is 7.05. The molecule has 2 aliphatic heterocycles. The molecule has 4 atom stereocenters. The van der Waals surface area contributed by atoms with Crippen LogP contribution in [0.3, 0.4) is 0 Å². The van der Waals surface area contributed by atoms with Crippen LogP contribution in [0.5, 0.6) is 0 Å². The second-order valence-corrected chi connectivity index (χ2v) is 4.87. The third kappa shape index (κ3) is 0.949. The second kappa shape index (κ2) is 2.37. The highest BCUT2D eigenvalue weighted by Crippen LogP contribution is 2.51. The Morgan fingerprint density at radius 1 is 1.17 bits per heavy atom. The first-order valence-electron chi connectivity index (χ1n) is 4.85. The molecule has 0 radical (unpaired) electrons. The Balaban J connectivity index is 1.90. The lowest BCUT2D eigenvalue weighted by Crippen LogP contribution is -2.59. The first-order chi connectivity index (χ1) is 5.80. The molecule has 1 unspecified atom stereocenters. The Morgan fingerprint density at radius 2 is 1.83 bits per heavy atom. The SMILES string of the molecule is ClN[C@]12CC3C[C@@H](C[C@H](C3)O1)C2. The van der Waals surface area contributed by atoms with Crippen LogP contribution in [0.25, 0.3) is 0 Å². The molecule has 2 heterocycles. The van der Waals surface area contributed by atoms with Crippen molar-refractivity contribution in [3.63, 3.8) is 0 Å². The number of hydrogen-bond acceptors (Lipinski definition) is 2. The van der Waals surface area contributed by atoms with Gasteiger partial charge in [0, 0.05) is 0 Å². The minimum atomic E-state index is -0.143. The fraction of sp³-hybridized carbons (Fsp3) is 1.00. The molecule has 0 aromatic heterocycles. The molecule has 0 spiro atoms. The summed E-state index contributed by atoms with van der Waals surface area (Å²) in [5, 5.41) is 0. The van der Waals surface area contributed by atoms with E-state index in [0.29, 0.717) is 6.10 Å². The summed E-state index contributed by atoms with van der Waals surface area (Å²) in [4.78, 5) is 2.86. The molecule has 2 saturated heterocycles. The van der Waals surface area contributed by atoms with Gasteiger partial charge in [-0.3, -0.25) is 0 Å². The van der Waals surface area contributed by atoms with Crippen molar-refractivity contribution in [3.05, 3.63) is 0 Å². The molecule has 2 saturated carbocycles. The average molecular weight is 188 g/mol. The van der Waals surface area contributed by atoms with Crippen molar-refractivity contribution >= 4 is 11.8 Å². The Morgan fingerprint density at radius 3 is 2.33 bits per heavy atom. The minimum Gasteiger partial charge on any atom is -0.356 e. The molecule has 4 aliphatic rings. The van der Waals surface area contributed by atoms with Crippen molar-refractivity contribution in [1.29, 1.82) is 0 Å². The van der Waals surface area contributed by atoms with Gasteiger partial charge >= 0.3 is 0 Å². The normalized spacial score (nSPS) is 56.2. The largest absolute Gasteiger partial charge is 0.356 e. The maximum absolute atomic E-state index is 5.92. The van der Waals surface area contributed by atoms with Gasteiger partial charge < -0.3 is 4.74 Å². The summed E-state index contributed by atoms with van der Waals surface area (Å²) in [5.41, 5.74) is -0.143. The zero-order valence-corrected chi connectivity index (χ0v) is 7.81. The van der Waals surface area contributed by atoms with Gasteiger partial charge in [-0.25, -0.2) is 4.84 Å². The van der Waals surface area contributed by atoms with Gasteiger partial charge in [0.15, 0.2) is 0 Å². The number of ether oxygens (including phenoxy) is 1. The fourth-order valence-electron chi connectivity index (χ4n) is 3.46. The van der Waals surface area contributed by atoms with Crippen LogP contribution in [0, 0.1) is 11.8 Å². The number of rotatable bonds is 1. The molecule has 1 N–H and O–H groups in total. The molecule has 3 heteroatoms. The summed E-state index contributed by atoms with van der Waals surface area (Å²) in [7, 11) is 0. The van der Waals surface area contributed by atoms with E-state index in [-0.39, 0.29) is 5.72 Å². The lowest BCUT2D eigenvalue weighted by atomic mass is 9.65. The van der Waals surface area contributed by atoms with E-state index in [9.17, 15) is 0 Å². The summed E-state index contributed by atoms with van der Waals surface area (Å²) >= 11 is 5.75. The van der Waals surface area contributed by atoms with E-state index in [1.54, 1.807) is 0 Å². The lowest BCUT2D eigenvalue weighted by molar-refractivity contribution is -0.224. The van der Waals surface area contributed by atoms with Gasteiger partial charge in [-0.05, 0) is 55.7 Å². The van der Waals surface area contributed by atoms with Gasteiger partial charge in [-0.2, -0.15) is 0 Å². The van der Waals surface area contributed by atoms with Crippen molar-refractivity contribution < 1.29 is 4.74 Å². The predicted molar refractivity (Wildman–Crippen MR) is 46.7 cm³/mol. The molecule has 4 bridgehead atoms. The maximum Gasteiger partial charge on any atom is 0.133 e. The topological polar surface area (TPSA) is 21.3 Å². The predicted octanol–water partition coefficient (Wildman–Crippen LogP) is 2.04. The molecule has 4 rings (SSSR count). The number of hydrogen-bond donors (Lipinski definition) is 1. The van der Waals surface area contributed by atoms with Crippen LogP contribution in [-0.2, 0) is 4.74 Å². The van der Waals surface area contributed by atoms with Gasteiger partial charge in [0.25, 0.3) is 0 Å². The minimum absolute atomic E-state index is 0.143. The third-order valence-corrected chi connectivity index (χ3v) is 4.00. The van der Waals surface area contributed by atoms with Crippen LogP contribution in [0.2, 0.25) is 0 Å². The Hall–Kier alpha value is 0.210. The Kier molecular flexibility index (Phi) is 1.50. The summed E-state index contributed by atoms with van der Waals surface area (Å²) in [6, 6.07) is 0. The van der Waals surface area contributed by atoms with E-state index in [1.165, 1.54) is 19.3 Å². The highest BCUT2D eigenvalue weighted by atomic mass is 35.5. The number of halogens is 1. The van der Waals surface area contributed by atoms with Crippen LogP contribution < -0.4 is 4.84 Å². The monoisotopic (exact) mass is 187 g/mol. The van der Waals surface area contributed by atoms with Crippen LogP contribution in [0.15, 0.2) is 0 Å². The summed E-state index contributed by atoms with van der Waals surface area (Å²) in [5.74, 6) is 1.75. The van der Waals surface area contributed by atoms with Crippen LogP contribution in [0.1, 0.15) is 32.1 Å². The van der Waals surface area contributed by atoms with E-state index in [1.807, 2.05) is 0 Å². The maximum atomic E-state index is 5.92. The lowest BCUT2D eigenvalue weighted by Gasteiger charge is -2.55. The molecule has 4 fully saturated rings. The van der Waals surface area contributed by atoms with Gasteiger partial charge in [0.2, 0.25) is 0 Å². The van der Waals surface area contributed by atoms with E-state index >= 15 is 0 Å². The van der Waals surface area contributed by atoms with E-state index in [0.717, 1.165) is 24.7 Å². The standard InChI is InChI=1S/C9H14ClNO/c10-11-9-4-6-1-7(5-9)3-8(2-6)12-9/h6-8,11H,1-5H2/t6-,7?,8+,9-/m0/s1. The molecule has 2 nitrogen and oxygen atoms in total. The summed E-state index contributed by atoms with van der Waals surface area (Å²) in [6.07, 6.45) is 6.73. The van der Waals surface area contributed by atoms with E-state index in [2.05, 4.69) is 4.84 Å². The van der Waals surface area contributed by atoms with Gasteiger partial charge in [0.1, 0.15) is 5.72 Å². The van der Waals surface area contributed by atoms with Gasteiger partial charge in [-0.1, -0.05) is 0 Å². The molecular weight excluding hydrogens is 174 g/mol. The smallest absolute Gasteiger partial charge is 0.133 e. The molecule has 0 aromatic carbocycles. The van der Waals surface area contributed by atoms with Gasteiger partial charge in [-0.15, -0.1) is 0 Å². The van der Waals surface area contributed by atoms with E-state index in [4.69, 9.17) is 16.5 Å². The molecule has 0 aromatic rings. The second-order valence-electron chi connectivity index (χ2n) is 4.68. The fourth-order valence-corrected chi connectivity index (χ4v) is 3.66. The van der Waals surface area contributed by atoms with Crippen molar-refractivity contribution in [2.75, 3.05) is 0 Å². The van der Waals surface area contributed by atoms with Crippen molar-refractivity contribution in [2.45, 2.75) is 43.9 Å². The highest BCUT2D eigenvalue weighted by Gasteiger charge is 2.51. The van der Waals surface area contributed by atoms with E-state index < -0.39 is 0 Å². The number of nitrogens with one attached hydrogen (secondary N) is 1. The summed E-state index contributed by atoms with van der Waals surface area (Å²) in [6.45, 7) is 0.